The van der Waals surface area contributed by atoms with E-state index in [4.69, 9.17) is 9.26 Å². The first-order valence-electron chi connectivity index (χ1n) is 10.5. The van der Waals surface area contributed by atoms with Crippen LogP contribution >= 0.6 is 0 Å². The van der Waals surface area contributed by atoms with Gasteiger partial charge in [0, 0.05) is 24.8 Å². The summed E-state index contributed by atoms with van der Waals surface area (Å²) in [6.07, 6.45) is -0.869. The average molecular weight is 474 g/mol. The molecule has 33 heavy (non-hydrogen) atoms. The molecule has 2 aromatic heterocycles. The lowest BCUT2D eigenvalue weighted by atomic mass is 9.78. The van der Waals surface area contributed by atoms with Crippen molar-refractivity contribution < 1.29 is 36.0 Å². The number of nitrogens with zero attached hydrogens (tertiary/aromatic N) is 4. The summed E-state index contributed by atoms with van der Waals surface area (Å²) in [6, 6.07) is 1.08. The number of ether oxygens (including phenoxy) is 1. The molecule has 180 valence electrons. The minimum absolute atomic E-state index is 0.0174. The molecule has 1 aliphatic carbocycles. The minimum Gasteiger partial charge on any atom is -0.482 e. The zero-order chi connectivity index (χ0) is 24.0. The van der Waals surface area contributed by atoms with Crippen molar-refractivity contribution in [1.82, 2.24) is 15.1 Å². The Morgan fingerprint density at radius 2 is 2.00 bits per heavy atom. The van der Waals surface area contributed by atoms with Gasteiger partial charge in [0.25, 0.3) is 5.92 Å². The number of Topliss-reactive ketones (excluding diaryl/α,β-unsaturated/α-hetero) is 1. The van der Waals surface area contributed by atoms with Crippen LogP contribution in [0.25, 0.3) is 0 Å². The number of hydrogen-bond acceptors (Lipinski definition) is 7. The minimum atomic E-state index is -4.64. The molecule has 0 N–H and O–H groups in total. The molecule has 0 spiro atoms. The van der Waals surface area contributed by atoms with E-state index in [2.05, 4.69) is 15.1 Å². The van der Waals surface area contributed by atoms with Crippen molar-refractivity contribution >= 4 is 11.5 Å². The zero-order valence-electron chi connectivity index (χ0n) is 18.1. The molecule has 0 unspecified atom stereocenters. The molecule has 0 bridgehead atoms. The van der Waals surface area contributed by atoms with E-state index < -0.39 is 43.0 Å². The monoisotopic (exact) mass is 474 g/mol. The summed E-state index contributed by atoms with van der Waals surface area (Å²) in [5.74, 6) is -2.54. The first kappa shape index (κ1) is 23.4. The van der Waals surface area contributed by atoms with Gasteiger partial charge in [-0.15, -0.1) is 0 Å². The Hall–Kier alpha value is -2.79. The van der Waals surface area contributed by atoms with Crippen LogP contribution in [-0.2, 0) is 5.41 Å². The smallest absolute Gasteiger partial charge is 0.422 e. The number of rotatable bonds is 9. The highest BCUT2D eigenvalue weighted by atomic mass is 19.4. The Balaban J connectivity index is 1.58. The summed E-state index contributed by atoms with van der Waals surface area (Å²) in [5, 5.41) is 3.97. The molecule has 1 saturated heterocycles. The quantitative estimate of drug-likeness (QED) is 0.391. The van der Waals surface area contributed by atoms with Crippen LogP contribution in [0.15, 0.2) is 16.8 Å². The molecule has 2 aromatic rings. The predicted molar refractivity (Wildman–Crippen MR) is 106 cm³/mol. The average Bonchev–Trinajstić information content (AvgIpc) is 3.39. The molecule has 12 heteroatoms. The molecule has 0 aromatic carbocycles. The second-order valence-corrected chi connectivity index (χ2v) is 9.10. The highest BCUT2D eigenvalue weighted by molar-refractivity contribution is 5.96. The highest BCUT2D eigenvalue weighted by Gasteiger charge is 2.45. The van der Waals surface area contributed by atoms with Crippen LogP contribution in [0.1, 0.15) is 54.8 Å². The summed E-state index contributed by atoms with van der Waals surface area (Å²) in [6.45, 7) is 0.524. The van der Waals surface area contributed by atoms with Gasteiger partial charge in [-0.1, -0.05) is 24.9 Å². The van der Waals surface area contributed by atoms with Gasteiger partial charge in [-0.2, -0.15) is 18.2 Å². The van der Waals surface area contributed by atoms with E-state index in [1.165, 1.54) is 0 Å². The summed E-state index contributed by atoms with van der Waals surface area (Å²) in [4.78, 5) is 22.6. The number of pyridine rings is 1. The normalized spacial score (nSPS) is 19.7. The molecule has 0 amide bonds. The number of carbonyl (C=O) groups excluding carboxylic acids is 1. The number of ketones is 1. The third-order valence-corrected chi connectivity index (χ3v) is 5.76. The number of halogens is 5. The van der Waals surface area contributed by atoms with E-state index in [0.717, 1.165) is 30.0 Å². The second-order valence-electron chi connectivity index (χ2n) is 9.10. The first-order valence-corrected chi connectivity index (χ1v) is 10.5. The van der Waals surface area contributed by atoms with E-state index in [9.17, 15) is 26.7 Å². The molecular weight excluding hydrogens is 451 g/mol. The van der Waals surface area contributed by atoms with E-state index in [0.29, 0.717) is 24.1 Å². The Labute approximate surface area is 186 Å². The highest BCUT2D eigenvalue weighted by Crippen LogP contribution is 2.44. The second kappa shape index (κ2) is 8.21. The van der Waals surface area contributed by atoms with Crippen molar-refractivity contribution in [3.05, 3.63) is 29.7 Å². The number of carbonyl (C=O) groups is 1. The van der Waals surface area contributed by atoms with Crippen LogP contribution in [-0.4, -0.2) is 52.7 Å². The lowest BCUT2D eigenvalue weighted by Crippen LogP contribution is -2.56. The number of alkyl halides is 5. The molecule has 1 aliphatic heterocycles. The van der Waals surface area contributed by atoms with Crippen LogP contribution in [0.5, 0.6) is 5.75 Å². The van der Waals surface area contributed by atoms with Crippen molar-refractivity contribution in [2.75, 3.05) is 24.6 Å². The number of aryl methyl sites for hydroxylation is 1. The van der Waals surface area contributed by atoms with Crippen LogP contribution in [0.2, 0.25) is 0 Å². The maximum atomic E-state index is 13.3. The van der Waals surface area contributed by atoms with Gasteiger partial charge >= 0.3 is 6.18 Å². The third-order valence-electron chi connectivity index (χ3n) is 5.76. The summed E-state index contributed by atoms with van der Waals surface area (Å²) >= 11 is 0. The van der Waals surface area contributed by atoms with Gasteiger partial charge < -0.3 is 14.2 Å². The van der Waals surface area contributed by atoms with Crippen LogP contribution in [0.4, 0.5) is 27.6 Å². The number of aromatic nitrogens is 3. The Kier molecular flexibility index (Phi) is 5.81. The summed E-state index contributed by atoms with van der Waals surface area (Å²) < 4.78 is 74.7. The lowest BCUT2D eigenvalue weighted by Gasteiger charge is -2.40. The molecule has 2 fully saturated rings. The molecule has 4 rings (SSSR count). The van der Waals surface area contributed by atoms with Crippen molar-refractivity contribution in [3.63, 3.8) is 0 Å². The SMILES string of the molecule is Cc1nc([C@](C)(CC(=O)c2cc(OCC(F)(F)F)c(N3CC(F)(F)C3)cn2)CC2CC2)no1. The summed E-state index contributed by atoms with van der Waals surface area (Å²) in [7, 11) is 0. The van der Waals surface area contributed by atoms with E-state index in [1.54, 1.807) is 6.92 Å². The fourth-order valence-electron chi connectivity index (χ4n) is 3.97. The molecule has 3 heterocycles. The Morgan fingerprint density at radius 1 is 1.30 bits per heavy atom. The molecular formula is C21H23F5N4O3. The maximum Gasteiger partial charge on any atom is 0.422 e. The maximum absolute atomic E-state index is 13.3. The fraction of sp³-hybridized carbons (Fsp3) is 0.619. The molecule has 1 saturated carbocycles. The van der Waals surface area contributed by atoms with Gasteiger partial charge in [0.15, 0.2) is 18.2 Å². The van der Waals surface area contributed by atoms with Crippen LogP contribution in [0.3, 0.4) is 0 Å². The van der Waals surface area contributed by atoms with E-state index >= 15 is 0 Å². The zero-order valence-corrected chi connectivity index (χ0v) is 18.1. The predicted octanol–water partition coefficient (Wildman–Crippen LogP) is 4.50. The van der Waals surface area contributed by atoms with Crippen molar-refractivity contribution in [2.24, 2.45) is 5.92 Å². The largest absolute Gasteiger partial charge is 0.482 e. The van der Waals surface area contributed by atoms with E-state index in [-0.39, 0.29) is 23.6 Å². The van der Waals surface area contributed by atoms with Gasteiger partial charge in [-0.25, -0.2) is 8.78 Å². The van der Waals surface area contributed by atoms with Gasteiger partial charge in [0.2, 0.25) is 5.89 Å². The number of hydrogen-bond donors (Lipinski definition) is 0. The van der Waals surface area contributed by atoms with Crippen molar-refractivity contribution in [2.45, 2.75) is 57.0 Å². The molecule has 2 aliphatic rings. The molecule has 0 radical (unpaired) electrons. The Bertz CT molecular complexity index is 1030. The standard InChI is InChI=1S/C21H23F5N4O3/c1-12-28-18(29-33-12)19(2,6-13-3-4-13)7-16(31)14-5-17(32-11-21(24,25)26)15(8-27-14)30-9-20(22,23)10-30/h5,8,13H,3-4,6-7,9-11H2,1-2H3/t19-/m0/s1. The fourth-order valence-corrected chi connectivity index (χ4v) is 3.97. The third kappa shape index (κ3) is 5.59. The van der Waals surface area contributed by atoms with Crippen molar-refractivity contribution in [1.29, 1.82) is 0 Å². The number of anilines is 1. The lowest BCUT2D eigenvalue weighted by molar-refractivity contribution is -0.153. The van der Waals surface area contributed by atoms with Gasteiger partial charge in [0.1, 0.15) is 11.4 Å². The van der Waals surface area contributed by atoms with E-state index in [1.807, 2.05) is 6.92 Å². The topological polar surface area (TPSA) is 81.4 Å². The van der Waals surface area contributed by atoms with Crippen LogP contribution in [0, 0.1) is 12.8 Å². The van der Waals surface area contributed by atoms with Gasteiger partial charge in [-0.05, 0) is 12.3 Å². The summed E-state index contributed by atoms with van der Waals surface area (Å²) in [5.41, 5.74) is -0.884. The van der Waals surface area contributed by atoms with Gasteiger partial charge in [-0.3, -0.25) is 9.78 Å². The first-order chi connectivity index (χ1) is 15.3. The molecule has 7 nitrogen and oxygen atoms in total. The van der Waals surface area contributed by atoms with Crippen molar-refractivity contribution in [3.8, 4) is 5.75 Å². The van der Waals surface area contributed by atoms with Crippen LogP contribution < -0.4 is 9.64 Å². The Morgan fingerprint density at radius 3 is 2.55 bits per heavy atom. The molecule has 1 atom stereocenters. The van der Waals surface area contributed by atoms with Gasteiger partial charge in [0.05, 0.1) is 25.0 Å².